The van der Waals surface area contributed by atoms with Gasteiger partial charge in [-0.1, -0.05) is 25.0 Å². The molecule has 0 heterocycles. The van der Waals surface area contributed by atoms with Gasteiger partial charge in [0, 0.05) is 6.04 Å². The van der Waals surface area contributed by atoms with Crippen molar-refractivity contribution in [2.24, 2.45) is 5.92 Å². The lowest BCUT2D eigenvalue weighted by Gasteiger charge is -2.30. The second-order valence-corrected chi connectivity index (χ2v) is 5.02. The monoisotopic (exact) mass is 209 g/mol. The zero-order chi connectivity index (χ0) is 10.5. The molecule has 0 aromatic heterocycles. The van der Waals surface area contributed by atoms with Gasteiger partial charge in [0.25, 0.3) is 0 Å². The summed E-state index contributed by atoms with van der Waals surface area (Å²) in [6, 6.07) is 0.365. The number of rotatable bonds is 3. The number of allylic oxidation sites excluding steroid dienone is 2. The molecule has 2 heteroatoms. The summed E-state index contributed by atoms with van der Waals surface area (Å²) < 4.78 is 0. The SMILES string of the molecule is O[C@H]1CCCC[C@H]1NC[C@H]1CC=CCC1. The van der Waals surface area contributed by atoms with Crippen LogP contribution in [0.5, 0.6) is 0 Å². The van der Waals surface area contributed by atoms with Gasteiger partial charge in [-0.3, -0.25) is 0 Å². The fourth-order valence-corrected chi connectivity index (χ4v) is 2.71. The van der Waals surface area contributed by atoms with Crippen molar-refractivity contribution in [3.8, 4) is 0 Å². The van der Waals surface area contributed by atoms with Crippen molar-refractivity contribution in [2.45, 2.75) is 57.1 Å². The molecule has 86 valence electrons. The summed E-state index contributed by atoms with van der Waals surface area (Å²) in [6.07, 6.45) is 12.9. The molecule has 2 rings (SSSR count). The van der Waals surface area contributed by atoms with E-state index in [1.165, 1.54) is 32.1 Å². The molecule has 1 saturated carbocycles. The molecule has 0 unspecified atom stereocenters. The van der Waals surface area contributed by atoms with E-state index >= 15 is 0 Å². The van der Waals surface area contributed by atoms with Crippen LogP contribution in [0.1, 0.15) is 44.9 Å². The van der Waals surface area contributed by atoms with Crippen LogP contribution in [0.15, 0.2) is 12.2 Å². The fourth-order valence-electron chi connectivity index (χ4n) is 2.71. The van der Waals surface area contributed by atoms with E-state index < -0.39 is 0 Å². The van der Waals surface area contributed by atoms with Crippen molar-refractivity contribution in [2.75, 3.05) is 6.54 Å². The van der Waals surface area contributed by atoms with E-state index in [-0.39, 0.29) is 6.10 Å². The van der Waals surface area contributed by atoms with Crippen molar-refractivity contribution < 1.29 is 5.11 Å². The molecule has 0 aliphatic heterocycles. The van der Waals surface area contributed by atoms with Crippen LogP contribution in [-0.2, 0) is 0 Å². The van der Waals surface area contributed by atoms with Crippen LogP contribution in [-0.4, -0.2) is 23.8 Å². The summed E-state index contributed by atoms with van der Waals surface area (Å²) in [5.41, 5.74) is 0. The summed E-state index contributed by atoms with van der Waals surface area (Å²) in [5, 5.41) is 13.4. The fraction of sp³-hybridized carbons (Fsp3) is 0.846. The molecular weight excluding hydrogens is 186 g/mol. The van der Waals surface area contributed by atoms with Crippen LogP contribution in [0.2, 0.25) is 0 Å². The third-order valence-corrected chi connectivity index (χ3v) is 3.78. The highest BCUT2D eigenvalue weighted by Crippen LogP contribution is 2.21. The third-order valence-electron chi connectivity index (χ3n) is 3.78. The normalized spacial score (nSPS) is 36.7. The predicted molar refractivity (Wildman–Crippen MR) is 62.7 cm³/mol. The van der Waals surface area contributed by atoms with Gasteiger partial charge in [0.1, 0.15) is 0 Å². The number of nitrogens with one attached hydrogen (secondary N) is 1. The molecule has 2 aliphatic carbocycles. The standard InChI is InChI=1S/C13H23NO/c15-13-9-5-4-8-12(13)14-10-11-6-2-1-3-7-11/h1-2,11-15H,3-10H2/t11-,12+,13-/m0/s1. The van der Waals surface area contributed by atoms with Crippen LogP contribution in [0.25, 0.3) is 0 Å². The summed E-state index contributed by atoms with van der Waals surface area (Å²) >= 11 is 0. The van der Waals surface area contributed by atoms with Crippen molar-refractivity contribution in [3.05, 3.63) is 12.2 Å². The van der Waals surface area contributed by atoms with Crippen LogP contribution >= 0.6 is 0 Å². The Labute approximate surface area is 92.8 Å². The van der Waals surface area contributed by atoms with Crippen molar-refractivity contribution in [3.63, 3.8) is 0 Å². The topological polar surface area (TPSA) is 32.3 Å². The van der Waals surface area contributed by atoms with E-state index in [1.54, 1.807) is 0 Å². The average Bonchev–Trinajstić information content (AvgIpc) is 2.29. The first kappa shape index (κ1) is 11.2. The van der Waals surface area contributed by atoms with Gasteiger partial charge >= 0.3 is 0 Å². The molecule has 0 amide bonds. The predicted octanol–water partition coefficient (Wildman–Crippen LogP) is 2.24. The number of aliphatic hydroxyl groups excluding tert-OH is 1. The molecule has 1 fully saturated rings. The van der Waals surface area contributed by atoms with Gasteiger partial charge in [-0.15, -0.1) is 0 Å². The molecule has 0 radical (unpaired) electrons. The molecule has 15 heavy (non-hydrogen) atoms. The van der Waals surface area contributed by atoms with Crippen molar-refractivity contribution in [1.82, 2.24) is 5.32 Å². The lowest BCUT2D eigenvalue weighted by Crippen LogP contribution is -2.44. The maximum Gasteiger partial charge on any atom is 0.0693 e. The minimum absolute atomic E-state index is 0.0992. The van der Waals surface area contributed by atoms with Gasteiger partial charge in [-0.05, 0) is 44.6 Å². The van der Waals surface area contributed by atoms with E-state index in [9.17, 15) is 5.11 Å². The van der Waals surface area contributed by atoms with E-state index in [0.29, 0.717) is 6.04 Å². The van der Waals surface area contributed by atoms with Crippen LogP contribution < -0.4 is 5.32 Å². The second kappa shape index (κ2) is 5.66. The Kier molecular flexibility index (Phi) is 4.21. The van der Waals surface area contributed by atoms with Gasteiger partial charge < -0.3 is 10.4 Å². The Morgan fingerprint density at radius 1 is 1.13 bits per heavy atom. The average molecular weight is 209 g/mol. The van der Waals surface area contributed by atoms with E-state index in [2.05, 4.69) is 17.5 Å². The zero-order valence-corrected chi connectivity index (χ0v) is 9.49. The number of hydrogen-bond donors (Lipinski definition) is 2. The zero-order valence-electron chi connectivity index (χ0n) is 9.49. The van der Waals surface area contributed by atoms with Gasteiger partial charge in [0.05, 0.1) is 6.10 Å². The van der Waals surface area contributed by atoms with Crippen molar-refractivity contribution >= 4 is 0 Å². The van der Waals surface area contributed by atoms with Crippen LogP contribution in [0.3, 0.4) is 0 Å². The molecule has 0 saturated heterocycles. The first-order chi connectivity index (χ1) is 7.36. The first-order valence-electron chi connectivity index (χ1n) is 6.42. The molecule has 2 N–H and O–H groups in total. The Balaban J connectivity index is 1.69. The maximum absolute atomic E-state index is 9.82. The lowest BCUT2D eigenvalue weighted by molar-refractivity contribution is 0.0886. The van der Waals surface area contributed by atoms with Crippen molar-refractivity contribution in [1.29, 1.82) is 0 Å². The smallest absolute Gasteiger partial charge is 0.0693 e. The molecule has 0 aromatic rings. The highest BCUT2D eigenvalue weighted by atomic mass is 16.3. The summed E-state index contributed by atoms with van der Waals surface area (Å²) in [7, 11) is 0. The second-order valence-electron chi connectivity index (χ2n) is 5.02. The molecule has 0 spiro atoms. The van der Waals surface area contributed by atoms with Gasteiger partial charge in [-0.2, -0.15) is 0 Å². The maximum atomic E-state index is 9.82. The van der Waals surface area contributed by atoms with E-state index in [4.69, 9.17) is 0 Å². The highest BCUT2D eigenvalue weighted by molar-refractivity contribution is 4.91. The van der Waals surface area contributed by atoms with Gasteiger partial charge in [0.2, 0.25) is 0 Å². The molecule has 0 aromatic carbocycles. The van der Waals surface area contributed by atoms with Gasteiger partial charge in [-0.25, -0.2) is 0 Å². The lowest BCUT2D eigenvalue weighted by atomic mass is 9.90. The van der Waals surface area contributed by atoms with Crippen LogP contribution in [0, 0.1) is 5.92 Å². The molecule has 3 atom stereocenters. The molecule has 0 bridgehead atoms. The third kappa shape index (κ3) is 3.32. The molecular formula is C13H23NO. The summed E-state index contributed by atoms with van der Waals surface area (Å²) in [5.74, 6) is 0.795. The molecule has 2 aliphatic rings. The summed E-state index contributed by atoms with van der Waals surface area (Å²) in [6.45, 7) is 1.09. The Morgan fingerprint density at radius 2 is 2.00 bits per heavy atom. The first-order valence-corrected chi connectivity index (χ1v) is 6.42. The number of aliphatic hydroxyl groups is 1. The van der Waals surface area contributed by atoms with Crippen LogP contribution in [0.4, 0.5) is 0 Å². The van der Waals surface area contributed by atoms with Gasteiger partial charge in [0.15, 0.2) is 0 Å². The Bertz CT molecular complexity index is 215. The quantitative estimate of drug-likeness (QED) is 0.699. The van der Waals surface area contributed by atoms with E-state index in [1.807, 2.05) is 0 Å². The minimum atomic E-state index is -0.0992. The highest BCUT2D eigenvalue weighted by Gasteiger charge is 2.23. The van der Waals surface area contributed by atoms with E-state index in [0.717, 1.165) is 25.3 Å². The Morgan fingerprint density at radius 3 is 2.73 bits per heavy atom. The minimum Gasteiger partial charge on any atom is -0.392 e. The Hall–Kier alpha value is -0.340. The summed E-state index contributed by atoms with van der Waals surface area (Å²) in [4.78, 5) is 0. The molecule has 2 nitrogen and oxygen atoms in total. The largest absolute Gasteiger partial charge is 0.392 e. The number of hydrogen-bond acceptors (Lipinski definition) is 2.